The molecule has 1 aromatic rings. The Morgan fingerprint density at radius 2 is 2.16 bits per heavy atom. The summed E-state index contributed by atoms with van der Waals surface area (Å²) in [5.74, 6) is -1.59. The van der Waals surface area contributed by atoms with Gasteiger partial charge in [-0.2, -0.15) is 0 Å². The van der Waals surface area contributed by atoms with Crippen LogP contribution in [0.3, 0.4) is 0 Å². The molecule has 102 valence electrons. The van der Waals surface area contributed by atoms with Gasteiger partial charge in [-0.3, -0.25) is 9.59 Å². The van der Waals surface area contributed by atoms with Crippen LogP contribution in [0.2, 0.25) is 5.02 Å². The average molecular weight is 283 g/mol. The molecule has 0 radical (unpaired) electrons. The maximum absolute atomic E-state index is 12.3. The predicted octanol–water partition coefficient (Wildman–Crippen LogP) is 2.06. The molecule has 2 atom stereocenters. The largest absolute Gasteiger partial charge is 0.481 e. The SMILES string of the molecule is CC1CCC(C(=O)O)CN1C(=O)c1ccc(Cl)cn1. The summed E-state index contributed by atoms with van der Waals surface area (Å²) >= 11 is 5.73. The standard InChI is InChI=1S/C13H15ClN2O3/c1-8-2-3-9(13(18)19)7-16(8)12(17)11-5-4-10(14)6-15-11/h4-6,8-9H,2-3,7H2,1H3,(H,18,19). The number of aliphatic carboxylic acids is 1. The molecule has 1 aliphatic heterocycles. The molecule has 0 spiro atoms. The topological polar surface area (TPSA) is 70.5 Å². The summed E-state index contributed by atoms with van der Waals surface area (Å²) in [6, 6.07) is 3.19. The lowest BCUT2D eigenvalue weighted by atomic mass is 9.93. The second kappa shape index (κ2) is 5.57. The number of halogens is 1. The lowest BCUT2D eigenvalue weighted by molar-refractivity contribution is -0.143. The predicted molar refractivity (Wildman–Crippen MR) is 70.1 cm³/mol. The number of carboxylic acids is 1. The first-order valence-corrected chi connectivity index (χ1v) is 6.52. The smallest absolute Gasteiger partial charge is 0.308 e. The molecule has 6 heteroatoms. The number of hydrogen-bond acceptors (Lipinski definition) is 3. The third-order valence-electron chi connectivity index (χ3n) is 3.44. The van der Waals surface area contributed by atoms with Crippen LogP contribution >= 0.6 is 11.6 Å². The summed E-state index contributed by atoms with van der Waals surface area (Å²) in [5, 5.41) is 9.52. The van der Waals surface area contributed by atoms with Crippen LogP contribution < -0.4 is 0 Å². The van der Waals surface area contributed by atoms with Crippen molar-refractivity contribution in [3.8, 4) is 0 Å². The number of likely N-dealkylation sites (tertiary alicyclic amines) is 1. The van der Waals surface area contributed by atoms with E-state index in [-0.39, 0.29) is 18.5 Å². The second-order valence-corrected chi connectivity index (χ2v) is 5.22. The number of piperidine rings is 1. The molecule has 1 N–H and O–H groups in total. The van der Waals surface area contributed by atoms with Crippen molar-refractivity contribution in [2.45, 2.75) is 25.8 Å². The van der Waals surface area contributed by atoms with E-state index in [1.54, 1.807) is 17.0 Å². The molecule has 0 aliphatic carbocycles. The second-order valence-electron chi connectivity index (χ2n) is 4.78. The molecule has 1 aromatic heterocycles. The summed E-state index contributed by atoms with van der Waals surface area (Å²) in [7, 11) is 0. The van der Waals surface area contributed by atoms with Crippen LogP contribution in [0.25, 0.3) is 0 Å². The van der Waals surface area contributed by atoms with Gasteiger partial charge in [0.15, 0.2) is 0 Å². The molecule has 0 bridgehead atoms. The van der Waals surface area contributed by atoms with Crippen molar-refractivity contribution in [2.75, 3.05) is 6.54 Å². The highest BCUT2D eigenvalue weighted by Gasteiger charge is 2.33. The molecule has 1 aliphatic rings. The van der Waals surface area contributed by atoms with Gasteiger partial charge >= 0.3 is 5.97 Å². The zero-order chi connectivity index (χ0) is 14.0. The lowest BCUT2D eigenvalue weighted by Gasteiger charge is -2.36. The Bertz CT molecular complexity index is 489. The van der Waals surface area contributed by atoms with Gasteiger partial charge in [0, 0.05) is 18.8 Å². The van der Waals surface area contributed by atoms with Crippen LogP contribution in [-0.2, 0) is 4.79 Å². The van der Waals surface area contributed by atoms with Crippen LogP contribution in [0, 0.1) is 5.92 Å². The zero-order valence-electron chi connectivity index (χ0n) is 10.5. The quantitative estimate of drug-likeness (QED) is 0.901. The van der Waals surface area contributed by atoms with E-state index in [0.717, 1.165) is 0 Å². The van der Waals surface area contributed by atoms with E-state index < -0.39 is 11.9 Å². The Morgan fingerprint density at radius 3 is 2.74 bits per heavy atom. The number of nitrogens with zero attached hydrogens (tertiary/aromatic N) is 2. The normalized spacial score (nSPS) is 23.2. The number of aromatic nitrogens is 1. The van der Waals surface area contributed by atoms with Gasteiger partial charge in [-0.25, -0.2) is 4.98 Å². The van der Waals surface area contributed by atoms with Gasteiger partial charge in [-0.05, 0) is 31.9 Å². The van der Waals surface area contributed by atoms with Crippen molar-refractivity contribution in [3.05, 3.63) is 29.0 Å². The molecular formula is C13H15ClN2O3. The molecule has 2 unspecified atom stereocenters. The van der Waals surface area contributed by atoms with E-state index in [9.17, 15) is 9.59 Å². The molecule has 5 nitrogen and oxygen atoms in total. The van der Waals surface area contributed by atoms with Crippen LogP contribution in [-0.4, -0.2) is 39.5 Å². The van der Waals surface area contributed by atoms with Gasteiger partial charge in [0.1, 0.15) is 5.69 Å². The molecule has 0 saturated carbocycles. The molecule has 2 heterocycles. The number of pyridine rings is 1. The third-order valence-corrected chi connectivity index (χ3v) is 3.66. The van der Waals surface area contributed by atoms with Crippen molar-refractivity contribution in [1.82, 2.24) is 9.88 Å². The van der Waals surface area contributed by atoms with Crippen LogP contribution in [0.1, 0.15) is 30.3 Å². The van der Waals surface area contributed by atoms with Crippen LogP contribution in [0.4, 0.5) is 0 Å². The first-order valence-electron chi connectivity index (χ1n) is 6.14. The van der Waals surface area contributed by atoms with Crippen LogP contribution in [0.5, 0.6) is 0 Å². The Hall–Kier alpha value is -1.62. The highest BCUT2D eigenvalue weighted by molar-refractivity contribution is 6.30. The monoisotopic (exact) mass is 282 g/mol. The first kappa shape index (κ1) is 13.8. The van der Waals surface area contributed by atoms with Crippen molar-refractivity contribution in [3.63, 3.8) is 0 Å². The fourth-order valence-electron chi connectivity index (χ4n) is 2.24. The van der Waals surface area contributed by atoms with Gasteiger partial charge in [0.05, 0.1) is 10.9 Å². The van der Waals surface area contributed by atoms with E-state index in [1.165, 1.54) is 6.20 Å². The van der Waals surface area contributed by atoms with Crippen LogP contribution in [0.15, 0.2) is 18.3 Å². The third kappa shape index (κ3) is 3.04. The van der Waals surface area contributed by atoms with E-state index in [4.69, 9.17) is 16.7 Å². The minimum atomic E-state index is -0.853. The maximum atomic E-state index is 12.3. The van der Waals surface area contributed by atoms with Crippen molar-refractivity contribution in [1.29, 1.82) is 0 Å². The number of carboxylic acid groups (broad SMARTS) is 1. The Kier molecular flexibility index (Phi) is 4.04. The Labute approximate surface area is 116 Å². The van der Waals surface area contributed by atoms with Gasteiger partial charge < -0.3 is 10.0 Å². The number of amides is 1. The molecule has 19 heavy (non-hydrogen) atoms. The van der Waals surface area contributed by atoms with Crippen molar-refractivity contribution >= 4 is 23.5 Å². The van der Waals surface area contributed by atoms with Gasteiger partial charge in [-0.15, -0.1) is 0 Å². The summed E-state index contributed by atoms with van der Waals surface area (Å²) in [6.07, 6.45) is 2.71. The Morgan fingerprint density at radius 1 is 1.42 bits per heavy atom. The highest BCUT2D eigenvalue weighted by atomic mass is 35.5. The van der Waals surface area contributed by atoms with E-state index >= 15 is 0 Å². The maximum Gasteiger partial charge on any atom is 0.308 e. The number of carbonyl (C=O) groups is 2. The molecule has 0 aromatic carbocycles. The fourth-order valence-corrected chi connectivity index (χ4v) is 2.35. The molecule has 1 fully saturated rings. The van der Waals surface area contributed by atoms with E-state index in [1.807, 2.05) is 6.92 Å². The Balaban J connectivity index is 2.16. The van der Waals surface area contributed by atoms with Crippen molar-refractivity contribution < 1.29 is 14.7 Å². The highest BCUT2D eigenvalue weighted by Crippen LogP contribution is 2.23. The van der Waals surface area contributed by atoms with Crippen molar-refractivity contribution in [2.24, 2.45) is 5.92 Å². The first-order chi connectivity index (χ1) is 8.99. The molecule has 1 saturated heterocycles. The fraction of sp³-hybridized carbons (Fsp3) is 0.462. The van der Waals surface area contributed by atoms with Gasteiger partial charge in [-0.1, -0.05) is 11.6 Å². The molecule has 2 rings (SSSR count). The number of carbonyl (C=O) groups excluding carboxylic acids is 1. The number of hydrogen-bond donors (Lipinski definition) is 1. The summed E-state index contributed by atoms with van der Waals surface area (Å²) in [4.78, 5) is 28.9. The van der Waals surface area contributed by atoms with E-state index in [0.29, 0.717) is 23.6 Å². The van der Waals surface area contributed by atoms with E-state index in [2.05, 4.69) is 4.98 Å². The zero-order valence-corrected chi connectivity index (χ0v) is 11.3. The summed E-state index contributed by atoms with van der Waals surface area (Å²) in [6.45, 7) is 2.16. The number of rotatable bonds is 2. The summed E-state index contributed by atoms with van der Waals surface area (Å²) in [5.41, 5.74) is 0.294. The molecular weight excluding hydrogens is 268 g/mol. The molecule has 1 amide bonds. The van der Waals surface area contributed by atoms with Gasteiger partial charge in [0.25, 0.3) is 5.91 Å². The lowest BCUT2D eigenvalue weighted by Crippen LogP contribution is -2.47. The average Bonchev–Trinajstić information content (AvgIpc) is 2.39. The van der Waals surface area contributed by atoms with Gasteiger partial charge in [0.2, 0.25) is 0 Å². The minimum absolute atomic E-state index is 0.0283. The summed E-state index contributed by atoms with van der Waals surface area (Å²) < 4.78 is 0. The minimum Gasteiger partial charge on any atom is -0.481 e.